The second-order valence-corrected chi connectivity index (χ2v) is 10.8. The van der Waals surface area contributed by atoms with Crippen LogP contribution in [0.4, 0.5) is 5.69 Å². The number of sulfonamides is 1. The van der Waals surface area contributed by atoms with Crippen LogP contribution in [-0.2, 0) is 10.0 Å². The third kappa shape index (κ3) is 4.17. The normalized spacial score (nSPS) is 22.0. The number of carbonyl (C=O) groups is 1. The molecule has 0 radical (unpaired) electrons. The summed E-state index contributed by atoms with van der Waals surface area (Å²) < 4.78 is 32.4. The van der Waals surface area contributed by atoms with Gasteiger partial charge in [0.15, 0.2) is 0 Å². The van der Waals surface area contributed by atoms with E-state index >= 15 is 0 Å². The lowest BCUT2D eigenvalue weighted by molar-refractivity contribution is 0.0619. The standard InChI is InChI=1S/C23H28N2O4S/c1-16-9-10-19-20(15-23(2,3)29-21(19)13-16)24-22(26)17-7-6-8-18(14-17)25-11-4-5-12-30(25,27)28/h6-10,13-14,20H,4-5,11-12,15H2,1-3H3,(H,24,26)/t20-/m0/s1. The number of anilines is 1. The van der Waals surface area contributed by atoms with Gasteiger partial charge in [-0.3, -0.25) is 9.10 Å². The summed E-state index contributed by atoms with van der Waals surface area (Å²) in [6, 6.07) is 12.7. The van der Waals surface area contributed by atoms with E-state index in [0.717, 1.165) is 23.3 Å². The summed E-state index contributed by atoms with van der Waals surface area (Å²) in [5.41, 5.74) is 2.66. The Bertz CT molecular complexity index is 1080. The van der Waals surface area contributed by atoms with Gasteiger partial charge in [-0.1, -0.05) is 18.2 Å². The molecule has 0 bridgehead atoms. The van der Waals surface area contributed by atoms with Crippen LogP contribution in [0, 0.1) is 6.92 Å². The lowest BCUT2D eigenvalue weighted by Gasteiger charge is -2.38. The number of fused-ring (bicyclic) bond motifs is 1. The fourth-order valence-corrected chi connectivity index (χ4v) is 5.84. The fourth-order valence-electron chi connectivity index (χ4n) is 4.21. The molecule has 1 saturated heterocycles. The van der Waals surface area contributed by atoms with E-state index in [1.165, 1.54) is 4.31 Å². The van der Waals surface area contributed by atoms with Gasteiger partial charge in [-0.2, -0.15) is 0 Å². The lowest BCUT2D eigenvalue weighted by Crippen LogP contribution is -2.41. The first-order chi connectivity index (χ1) is 14.1. The SMILES string of the molecule is Cc1ccc2c(c1)OC(C)(C)C[C@@H]2NC(=O)c1cccc(N2CCCCS2(=O)=O)c1. The van der Waals surface area contributed by atoms with E-state index in [-0.39, 0.29) is 17.7 Å². The van der Waals surface area contributed by atoms with E-state index in [1.807, 2.05) is 39.0 Å². The summed E-state index contributed by atoms with van der Waals surface area (Å²) in [6.45, 7) is 6.49. The Morgan fingerprint density at radius 3 is 2.73 bits per heavy atom. The van der Waals surface area contributed by atoms with E-state index in [2.05, 4.69) is 5.32 Å². The van der Waals surface area contributed by atoms with Gasteiger partial charge in [0, 0.05) is 24.1 Å². The van der Waals surface area contributed by atoms with Gasteiger partial charge in [0.05, 0.1) is 17.5 Å². The van der Waals surface area contributed by atoms with E-state index in [4.69, 9.17) is 4.74 Å². The third-order valence-corrected chi connectivity index (χ3v) is 7.55. The minimum atomic E-state index is -3.32. The van der Waals surface area contributed by atoms with Crippen LogP contribution in [0.5, 0.6) is 5.75 Å². The molecule has 1 amide bonds. The van der Waals surface area contributed by atoms with Crippen LogP contribution in [0.25, 0.3) is 0 Å². The van der Waals surface area contributed by atoms with Gasteiger partial charge >= 0.3 is 0 Å². The molecule has 2 heterocycles. The Labute approximate surface area is 178 Å². The third-order valence-electron chi connectivity index (χ3n) is 5.68. The first-order valence-electron chi connectivity index (χ1n) is 10.4. The highest BCUT2D eigenvalue weighted by Gasteiger charge is 2.35. The largest absolute Gasteiger partial charge is 0.487 e. The summed E-state index contributed by atoms with van der Waals surface area (Å²) in [5.74, 6) is 0.724. The zero-order chi connectivity index (χ0) is 21.5. The second-order valence-electron chi connectivity index (χ2n) is 8.78. The molecule has 0 saturated carbocycles. The number of nitrogens with zero attached hydrogens (tertiary/aromatic N) is 1. The van der Waals surface area contributed by atoms with Crippen molar-refractivity contribution in [3.05, 3.63) is 59.2 Å². The highest BCUT2D eigenvalue weighted by atomic mass is 32.2. The number of aryl methyl sites for hydroxylation is 1. The van der Waals surface area contributed by atoms with Crippen molar-refractivity contribution in [1.29, 1.82) is 0 Å². The van der Waals surface area contributed by atoms with Crippen molar-refractivity contribution in [1.82, 2.24) is 5.32 Å². The molecule has 2 aromatic rings. The number of carbonyl (C=O) groups excluding carboxylic acids is 1. The summed E-state index contributed by atoms with van der Waals surface area (Å²) in [5, 5.41) is 3.13. The summed E-state index contributed by atoms with van der Waals surface area (Å²) in [6.07, 6.45) is 2.15. The molecule has 2 aliphatic rings. The molecule has 0 spiro atoms. The maximum Gasteiger partial charge on any atom is 0.251 e. The number of ether oxygens (including phenoxy) is 1. The van der Waals surface area contributed by atoms with Crippen molar-refractivity contribution in [2.45, 2.75) is 51.7 Å². The zero-order valence-corrected chi connectivity index (χ0v) is 18.5. The predicted molar refractivity (Wildman–Crippen MR) is 118 cm³/mol. The Balaban J connectivity index is 1.59. The lowest BCUT2D eigenvalue weighted by atomic mass is 9.89. The molecule has 0 aromatic heterocycles. The van der Waals surface area contributed by atoms with Crippen molar-refractivity contribution in [3.8, 4) is 5.75 Å². The molecule has 0 aliphatic carbocycles. The number of hydrogen-bond donors (Lipinski definition) is 1. The van der Waals surface area contributed by atoms with Crippen LogP contribution in [0.2, 0.25) is 0 Å². The van der Waals surface area contributed by atoms with Gasteiger partial charge in [0.1, 0.15) is 11.4 Å². The van der Waals surface area contributed by atoms with Crippen LogP contribution >= 0.6 is 0 Å². The molecular formula is C23H28N2O4S. The van der Waals surface area contributed by atoms with Crippen LogP contribution in [0.15, 0.2) is 42.5 Å². The Morgan fingerprint density at radius 2 is 1.97 bits per heavy atom. The number of benzene rings is 2. The molecule has 160 valence electrons. The molecular weight excluding hydrogens is 400 g/mol. The van der Waals surface area contributed by atoms with Gasteiger partial charge in [-0.05, 0) is 63.4 Å². The molecule has 1 N–H and O–H groups in total. The van der Waals surface area contributed by atoms with Crippen molar-refractivity contribution in [2.75, 3.05) is 16.6 Å². The minimum Gasteiger partial charge on any atom is -0.487 e. The predicted octanol–water partition coefficient (Wildman–Crippen LogP) is 3.96. The average Bonchev–Trinajstić information content (AvgIpc) is 2.66. The van der Waals surface area contributed by atoms with Gasteiger partial charge in [0.2, 0.25) is 10.0 Å². The smallest absolute Gasteiger partial charge is 0.251 e. The van der Waals surface area contributed by atoms with Crippen molar-refractivity contribution < 1.29 is 17.9 Å². The van der Waals surface area contributed by atoms with Gasteiger partial charge in [0.25, 0.3) is 5.91 Å². The first-order valence-corrected chi connectivity index (χ1v) is 12.0. The maximum atomic E-state index is 13.1. The number of hydrogen-bond acceptors (Lipinski definition) is 4. The molecule has 0 unspecified atom stereocenters. The summed E-state index contributed by atoms with van der Waals surface area (Å²) in [4.78, 5) is 13.1. The van der Waals surface area contributed by atoms with E-state index < -0.39 is 15.6 Å². The van der Waals surface area contributed by atoms with E-state index in [0.29, 0.717) is 30.6 Å². The highest BCUT2D eigenvalue weighted by molar-refractivity contribution is 7.92. The van der Waals surface area contributed by atoms with Crippen LogP contribution < -0.4 is 14.4 Å². The summed E-state index contributed by atoms with van der Waals surface area (Å²) >= 11 is 0. The quantitative estimate of drug-likeness (QED) is 0.803. The minimum absolute atomic E-state index is 0.150. The summed E-state index contributed by atoms with van der Waals surface area (Å²) in [7, 11) is -3.32. The van der Waals surface area contributed by atoms with Crippen LogP contribution in [-0.4, -0.2) is 32.2 Å². The van der Waals surface area contributed by atoms with E-state index in [9.17, 15) is 13.2 Å². The van der Waals surface area contributed by atoms with Gasteiger partial charge in [-0.25, -0.2) is 8.42 Å². The van der Waals surface area contributed by atoms with Crippen molar-refractivity contribution in [2.24, 2.45) is 0 Å². The molecule has 2 aliphatic heterocycles. The number of nitrogens with one attached hydrogen (secondary N) is 1. The monoisotopic (exact) mass is 428 g/mol. The topological polar surface area (TPSA) is 75.7 Å². The molecule has 7 heteroatoms. The highest BCUT2D eigenvalue weighted by Crippen LogP contribution is 2.40. The fraction of sp³-hybridized carbons (Fsp3) is 0.435. The molecule has 1 atom stereocenters. The van der Waals surface area contributed by atoms with Crippen LogP contribution in [0.1, 0.15) is 60.6 Å². The van der Waals surface area contributed by atoms with Crippen molar-refractivity contribution >= 4 is 21.6 Å². The Hall–Kier alpha value is -2.54. The maximum absolute atomic E-state index is 13.1. The van der Waals surface area contributed by atoms with E-state index in [1.54, 1.807) is 24.3 Å². The first kappa shape index (κ1) is 20.7. The molecule has 6 nitrogen and oxygen atoms in total. The van der Waals surface area contributed by atoms with Gasteiger partial charge in [-0.15, -0.1) is 0 Å². The number of rotatable bonds is 3. The average molecular weight is 429 g/mol. The van der Waals surface area contributed by atoms with Crippen molar-refractivity contribution in [3.63, 3.8) is 0 Å². The Kier molecular flexibility index (Phi) is 5.26. The van der Waals surface area contributed by atoms with Gasteiger partial charge < -0.3 is 10.1 Å². The molecule has 1 fully saturated rings. The molecule has 4 rings (SSSR count). The second kappa shape index (κ2) is 7.61. The Morgan fingerprint density at radius 1 is 1.17 bits per heavy atom. The van der Waals surface area contributed by atoms with Crippen LogP contribution in [0.3, 0.4) is 0 Å². The zero-order valence-electron chi connectivity index (χ0n) is 17.6. The number of amides is 1. The molecule has 2 aromatic carbocycles. The molecule has 30 heavy (non-hydrogen) atoms.